The minimum Gasteiger partial charge on any atom is -0.361 e. The van der Waals surface area contributed by atoms with E-state index in [1.165, 1.54) is 5.56 Å². The second-order valence-electron chi connectivity index (χ2n) is 13.5. The molecular weight excluding hydrogens is 552 g/mol. The normalized spacial score (nSPS) is 22.8. The second kappa shape index (κ2) is 12.3. The third kappa shape index (κ3) is 5.70. The van der Waals surface area contributed by atoms with Gasteiger partial charge in [-0.1, -0.05) is 49.4 Å². The summed E-state index contributed by atoms with van der Waals surface area (Å²) in [5.41, 5.74) is 4.28. The van der Waals surface area contributed by atoms with E-state index in [1.807, 2.05) is 56.4 Å². The lowest BCUT2D eigenvalue weighted by molar-refractivity contribution is -0.136. The number of aromatic nitrogens is 1. The lowest BCUT2D eigenvalue weighted by atomic mass is 9.73. The Hall–Kier alpha value is -3.85. The van der Waals surface area contributed by atoms with Crippen LogP contribution in [0, 0.1) is 0 Å². The second-order valence-corrected chi connectivity index (χ2v) is 13.5. The van der Waals surface area contributed by atoms with Gasteiger partial charge in [-0.2, -0.15) is 0 Å². The molecule has 4 atom stereocenters. The molecule has 3 heterocycles. The largest absolute Gasteiger partial charge is 0.361 e. The summed E-state index contributed by atoms with van der Waals surface area (Å²) in [5.74, 6) is -0.313. The van der Waals surface area contributed by atoms with Crippen LogP contribution in [0.2, 0.25) is 0 Å². The van der Waals surface area contributed by atoms with Gasteiger partial charge in [0.2, 0.25) is 11.8 Å². The monoisotopic (exact) mass is 598 g/mol. The summed E-state index contributed by atoms with van der Waals surface area (Å²) < 4.78 is 0. The number of hydrogen-bond acceptors (Lipinski definition) is 4. The standard InChI is InChI=1S/C35H46N6O3/c1-23(28-21-36-30-14-8-6-12-26(28)30)31(38-34(44)37-24-10-9-17-40(4)22-24)33(43)41-18-15-35(16-19-41)20-27(32(42)39(2)3)25-11-5-7-13-29(25)35/h5-8,11-14,21,23-24,27,31,36H,9-10,15-20,22H2,1-4H3,(H2,37,38,44). The van der Waals surface area contributed by atoms with Crippen LogP contribution in [0.4, 0.5) is 4.79 Å². The van der Waals surface area contributed by atoms with Crippen LogP contribution in [0.15, 0.2) is 54.7 Å². The number of nitrogens with one attached hydrogen (secondary N) is 3. The molecule has 2 saturated heterocycles. The van der Waals surface area contributed by atoms with Crippen LogP contribution in [0.3, 0.4) is 0 Å². The number of nitrogens with zero attached hydrogens (tertiary/aromatic N) is 3. The SMILES string of the molecule is CC(c1c[nH]c2ccccc12)C(NC(=O)NC1CCCN(C)C1)C(=O)N1CCC2(CC1)CC(C(=O)N(C)C)c1ccccc12. The van der Waals surface area contributed by atoms with Crippen molar-refractivity contribution < 1.29 is 14.4 Å². The van der Waals surface area contributed by atoms with Gasteiger partial charge in [0.15, 0.2) is 0 Å². The lowest BCUT2D eigenvalue weighted by Gasteiger charge is -2.42. The maximum Gasteiger partial charge on any atom is 0.315 e. The Labute approximate surface area is 260 Å². The van der Waals surface area contributed by atoms with Crippen molar-refractivity contribution in [3.05, 3.63) is 71.4 Å². The van der Waals surface area contributed by atoms with Gasteiger partial charge in [-0.3, -0.25) is 9.59 Å². The van der Waals surface area contributed by atoms with E-state index in [9.17, 15) is 14.4 Å². The molecule has 6 rings (SSSR count). The van der Waals surface area contributed by atoms with Crippen LogP contribution in [0.25, 0.3) is 10.9 Å². The number of carbonyl (C=O) groups excluding carboxylic acids is 3. The molecule has 3 aliphatic rings. The Bertz CT molecular complexity index is 1520. The molecule has 1 aliphatic carbocycles. The Balaban J connectivity index is 1.22. The van der Waals surface area contributed by atoms with Crippen molar-refractivity contribution in [1.29, 1.82) is 0 Å². The van der Waals surface area contributed by atoms with Crippen molar-refractivity contribution in [2.45, 2.75) is 68.4 Å². The number of carbonyl (C=O) groups is 3. The first-order chi connectivity index (χ1) is 21.2. The molecule has 3 N–H and O–H groups in total. The predicted molar refractivity (Wildman–Crippen MR) is 173 cm³/mol. The van der Waals surface area contributed by atoms with Gasteiger partial charge in [0.05, 0.1) is 5.92 Å². The van der Waals surface area contributed by atoms with Gasteiger partial charge in [-0.05, 0) is 68.5 Å². The van der Waals surface area contributed by atoms with Crippen molar-refractivity contribution in [1.82, 2.24) is 30.3 Å². The number of fused-ring (bicyclic) bond motifs is 3. The summed E-state index contributed by atoms with van der Waals surface area (Å²) in [5, 5.41) is 7.32. The van der Waals surface area contributed by atoms with E-state index in [0.717, 1.165) is 67.2 Å². The van der Waals surface area contributed by atoms with E-state index in [0.29, 0.717) is 13.1 Å². The maximum absolute atomic E-state index is 14.4. The van der Waals surface area contributed by atoms with Crippen molar-refractivity contribution >= 4 is 28.7 Å². The van der Waals surface area contributed by atoms with Crippen molar-refractivity contribution in [2.24, 2.45) is 0 Å². The fraction of sp³-hybridized carbons (Fsp3) is 0.514. The molecule has 0 saturated carbocycles. The smallest absolute Gasteiger partial charge is 0.315 e. The predicted octanol–water partition coefficient (Wildman–Crippen LogP) is 4.17. The van der Waals surface area contributed by atoms with Gasteiger partial charge in [-0.15, -0.1) is 0 Å². The van der Waals surface area contributed by atoms with Crippen LogP contribution in [-0.2, 0) is 15.0 Å². The summed E-state index contributed by atoms with van der Waals surface area (Å²) in [7, 11) is 5.71. The maximum atomic E-state index is 14.4. The van der Waals surface area contributed by atoms with E-state index in [1.54, 1.807) is 4.90 Å². The third-order valence-electron chi connectivity index (χ3n) is 10.4. The molecule has 1 aromatic heterocycles. The Morgan fingerprint density at radius 3 is 2.50 bits per heavy atom. The molecule has 9 nitrogen and oxygen atoms in total. The summed E-state index contributed by atoms with van der Waals surface area (Å²) in [6, 6.07) is 15.5. The highest BCUT2D eigenvalue weighted by atomic mass is 16.2. The number of benzene rings is 2. The zero-order valence-corrected chi connectivity index (χ0v) is 26.4. The molecule has 1 spiro atoms. The Kier molecular flexibility index (Phi) is 8.42. The summed E-state index contributed by atoms with van der Waals surface area (Å²) in [4.78, 5) is 50.1. The number of rotatable bonds is 6. The fourth-order valence-electron chi connectivity index (χ4n) is 7.96. The molecule has 4 unspecified atom stereocenters. The van der Waals surface area contributed by atoms with Crippen LogP contribution in [0.5, 0.6) is 0 Å². The number of hydrogen-bond donors (Lipinski definition) is 3. The molecule has 0 bridgehead atoms. The first-order valence-corrected chi connectivity index (χ1v) is 16.1. The van der Waals surface area contributed by atoms with Crippen LogP contribution < -0.4 is 10.6 Å². The Morgan fingerprint density at radius 1 is 1.02 bits per heavy atom. The first-order valence-electron chi connectivity index (χ1n) is 16.1. The minimum atomic E-state index is -0.719. The number of amides is 4. The number of H-pyrrole nitrogens is 1. The highest BCUT2D eigenvalue weighted by Crippen LogP contribution is 2.52. The van der Waals surface area contributed by atoms with E-state index in [4.69, 9.17) is 0 Å². The highest BCUT2D eigenvalue weighted by molar-refractivity contribution is 5.90. The molecule has 2 aromatic carbocycles. The number of para-hydroxylation sites is 1. The minimum absolute atomic E-state index is 0.0549. The van der Waals surface area contributed by atoms with Crippen LogP contribution in [-0.4, -0.2) is 96.9 Å². The molecule has 2 fully saturated rings. The first kappa shape index (κ1) is 30.2. The van der Waals surface area contributed by atoms with Crippen molar-refractivity contribution in [2.75, 3.05) is 47.3 Å². The molecule has 4 amide bonds. The van der Waals surface area contributed by atoms with Gasteiger partial charge >= 0.3 is 6.03 Å². The van der Waals surface area contributed by atoms with E-state index in [2.05, 4.69) is 51.8 Å². The van der Waals surface area contributed by atoms with Crippen molar-refractivity contribution in [3.63, 3.8) is 0 Å². The number of likely N-dealkylation sites (N-methyl/N-ethyl adjacent to an activating group) is 2. The molecule has 0 radical (unpaired) electrons. The Morgan fingerprint density at radius 2 is 1.75 bits per heavy atom. The quantitative estimate of drug-likeness (QED) is 0.397. The van der Waals surface area contributed by atoms with Gasteiger partial charge in [-0.25, -0.2) is 4.79 Å². The van der Waals surface area contributed by atoms with E-state index >= 15 is 0 Å². The lowest BCUT2D eigenvalue weighted by Crippen LogP contribution is -2.57. The summed E-state index contributed by atoms with van der Waals surface area (Å²) in [6.45, 7) is 5.04. The van der Waals surface area contributed by atoms with Gasteiger partial charge in [0.25, 0.3) is 0 Å². The summed E-state index contributed by atoms with van der Waals surface area (Å²) in [6.07, 6.45) is 6.30. The van der Waals surface area contributed by atoms with E-state index in [-0.39, 0.29) is 41.1 Å². The molecule has 9 heteroatoms. The average molecular weight is 599 g/mol. The molecular formula is C35H46N6O3. The third-order valence-corrected chi connectivity index (χ3v) is 10.4. The van der Waals surface area contributed by atoms with Gasteiger partial charge < -0.3 is 30.3 Å². The van der Waals surface area contributed by atoms with E-state index < -0.39 is 6.04 Å². The topological polar surface area (TPSA) is 101 Å². The summed E-state index contributed by atoms with van der Waals surface area (Å²) >= 11 is 0. The number of likely N-dealkylation sites (tertiary alicyclic amines) is 2. The fourth-order valence-corrected chi connectivity index (χ4v) is 7.96. The number of aromatic amines is 1. The van der Waals surface area contributed by atoms with Crippen LogP contribution in [0.1, 0.15) is 67.6 Å². The molecule has 234 valence electrons. The average Bonchev–Trinajstić information content (AvgIpc) is 3.59. The number of urea groups is 1. The highest BCUT2D eigenvalue weighted by Gasteiger charge is 2.49. The van der Waals surface area contributed by atoms with Gasteiger partial charge in [0, 0.05) is 68.2 Å². The zero-order valence-electron chi connectivity index (χ0n) is 26.4. The van der Waals surface area contributed by atoms with Crippen molar-refractivity contribution in [3.8, 4) is 0 Å². The van der Waals surface area contributed by atoms with Crippen LogP contribution >= 0.6 is 0 Å². The number of piperidine rings is 2. The molecule has 2 aliphatic heterocycles. The molecule has 44 heavy (non-hydrogen) atoms. The zero-order chi connectivity index (χ0) is 31.0. The van der Waals surface area contributed by atoms with Gasteiger partial charge in [0.1, 0.15) is 6.04 Å². The molecule has 3 aromatic rings.